The minimum Gasteiger partial charge on any atom is -0.465 e. The number of carbonyl (C=O) groups is 2. The number of nitro groups is 1. The van der Waals surface area contributed by atoms with Crippen LogP contribution in [-0.2, 0) is 15.7 Å². The summed E-state index contributed by atoms with van der Waals surface area (Å²) in [6.07, 6.45) is -4.06. The van der Waals surface area contributed by atoms with E-state index in [1.54, 1.807) is 4.90 Å². The van der Waals surface area contributed by atoms with Crippen LogP contribution < -0.4 is 10.2 Å². The van der Waals surface area contributed by atoms with E-state index in [1.165, 1.54) is 25.3 Å². The number of nitrogens with one attached hydrogen (secondary N) is 1. The summed E-state index contributed by atoms with van der Waals surface area (Å²) in [7, 11) is 1.23. The van der Waals surface area contributed by atoms with Gasteiger partial charge in [0, 0.05) is 25.1 Å². The van der Waals surface area contributed by atoms with Gasteiger partial charge in [0.15, 0.2) is 0 Å². The van der Waals surface area contributed by atoms with Gasteiger partial charge >= 0.3 is 12.1 Å². The monoisotopic (exact) mass is 485 g/mol. The quantitative estimate of drug-likeness (QED) is 0.367. The van der Waals surface area contributed by atoms with Crippen molar-refractivity contribution in [2.75, 3.05) is 30.4 Å². The molecule has 0 aromatic heterocycles. The highest BCUT2D eigenvalue weighted by atomic mass is 35.5. The molecule has 0 aliphatic carbocycles. The predicted molar refractivity (Wildman–Crippen MR) is 114 cm³/mol. The first-order valence-electron chi connectivity index (χ1n) is 9.80. The van der Waals surface area contributed by atoms with Crippen LogP contribution in [0.4, 0.5) is 30.2 Å². The maximum atomic E-state index is 12.9. The van der Waals surface area contributed by atoms with E-state index in [9.17, 15) is 32.9 Å². The topological polar surface area (TPSA) is 102 Å². The number of rotatable bonds is 5. The lowest BCUT2D eigenvalue weighted by molar-refractivity contribution is -0.384. The van der Waals surface area contributed by atoms with E-state index >= 15 is 0 Å². The zero-order valence-electron chi connectivity index (χ0n) is 17.3. The van der Waals surface area contributed by atoms with Gasteiger partial charge in [-0.3, -0.25) is 14.9 Å². The number of hydrogen-bond acceptors (Lipinski definition) is 6. The maximum Gasteiger partial charge on any atom is 0.416 e. The number of anilines is 2. The zero-order chi connectivity index (χ0) is 24.3. The van der Waals surface area contributed by atoms with Gasteiger partial charge in [-0.1, -0.05) is 11.6 Å². The molecule has 0 spiro atoms. The molecule has 0 unspecified atom stereocenters. The Bertz CT molecular complexity index is 1090. The number of ether oxygens (including phenoxy) is 1. The standard InChI is InChI=1S/C21H19ClF3N3O5/c1-33-20(30)13-2-4-15(22)16(10-13)26-19(29)12-6-8-27(9-7-12)17-5-3-14(21(23,24)25)11-18(17)28(31)32/h2-5,10-12H,6-9H2,1H3,(H,26,29). The molecule has 0 bridgehead atoms. The number of hydrogen-bond donors (Lipinski definition) is 1. The van der Waals surface area contributed by atoms with Crippen LogP contribution in [0.25, 0.3) is 0 Å². The van der Waals surface area contributed by atoms with Gasteiger partial charge in [0.25, 0.3) is 5.69 Å². The third-order valence-electron chi connectivity index (χ3n) is 5.35. The highest BCUT2D eigenvalue weighted by Crippen LogP contribution is 2.38. The fraction of sp³-hybridized carbons (Fsp3) is 0.333. The Morgan fingerprint density at radius 2 is 1.85 bits per heavy atom. The number of halogens is 4. The van der Waals surface area contributed by atoms with Crippen molar-refractivity contribution >= 4 is 40.5 Å². The minimum atomic E-state index is -4.69. The van der Waals surface area contributed by atoms with Gasteiger partial charge in [0.05, 0.1) is 33.9 Å². The summed E-state index contributed by atoms with van der Waals surface area (Å²) in [6, 6.07) is 6.71. The highest BCUT2D eigenvalue weighted by Gasteiger charge is 2.35. The Hall–Kier alpha value is -3.34. The normalized spacial score (nSPS) is 14.6. The molecule has 1 amide bonds. The van der Waals surface area contributed by atoms with Gasteiger partial charge in [-0.15, -0.1) is 0 Å². The third kappa shape index (κ3) is 5.54. The van der Waals surface area contributed by atoms with E-state index in [2.05, 4.69) is 10.1 Å². The molecule has 8 nitrogen and oxygen atoms in total. The van der Waals surface area contributed by atoms with Crippen LogP contribution in [0.1, 0.15) is 28.8 Å². The molecule has 0 radical (unpaired) electrons. The average molecular weight is 486 g/mol. The van der Waals surface area contributed by atoms with E-state index in [0.29, 0.717) is 18.9 Å². The highest BCUT2D eigenvalue weighted by molar-refractivity contribution is 6.33. The number of amides is 1. The second kappa shape index (κ2) is 9.65. The number of carbonyl (C=O) groups excluding carboxylic acids is 2. The second-order valence-corrected chi connectivity index (χ2v) is 7.80. The van der Waals surface area contributed by atoms with Crippen molar-refractivity contribution in [2.24, 2.45) is 5.92 Å². The van der Waals surface area contributed by atoms with Crippen LogP contribution in [0, 0.1) is 16.0 Å². The van der Waals surface area contributed by atoms with Crippen LogP contribution in [0.2, 0.25) is 5.02 Å². The lowest BCUT2D eigenvalue weighted by Crippen LogP contribution is -2.38. The molecular formula is C21H19ClF3N3O5. The fourth-order valence-corrected chi connectivity index (χ4v) is 3.76. The molecule has 0 saturated carbocycles. The molecule has 33 heavy (non-hydrogen) atoms. The summed E-state index contributed by atoms with van der Waals surface area (Å²) in [5.74, 6) is -1.39. The van der Waals surface area contributed by atoms with Crippen molar-refractivity contribution in [1.29, 1.82) is 0 Å². The third-order valence-corrected chi connectivity index (χ3v) is 5.68. The molecule has 1 N–H and O–H groups in total. The lowest BCUT2D eigenvalue weighted by Gasteiger charge is -2.32. The number of piperidine rings is 1. The van der Waals surface area contributed by atoms with Crippen molar-refractivity contribution in [2.45, 2.75) is 19.0 Å². The summed E-state index contributed by atoms with van der Waals surface area (Å²) in [5, 5.41) is 14.3. The number of benzene rings is 2. The summed E-state index contributed by atoms with van der Waals surface area (Å²) >= 11 is 6.10. The Balaban J connectivity index is 1.70. The van der Waals surface area contributed by atoms with Gasteiger partial charge in [-0.2, -0.15) is 13.2 Å². The zero-order valence-corrected chi connectivity index (χ0v) is 18.1. The number of methoxy groups -OCH3 is 1. The number of esters is 1. The van der Waals surface area contributed by atoms with Crippen LogP contribution in [0.15, 0.2) is 36.4 Å². The molecule has 1 aliphatic heterocycles. The molecule has 2 aromatic rings. The van der Waals surface area contributed by atoms with Crippen molar-refractivity contribution in [3.8, 4) is 0 Å². The molecule has 0 atom stereocenters. The summed E-state index contributed by atoms with van der Waals surface area (Å²) < 4.78 is 43.4. The Labute approximate surface area is 191 Å². The SMILES string of the molecule is COC(=O)c1ccc(Cl)c(NC(=O)C2CCN(c3ccc(C(F)(F)F)cc3[N+](=O)[O-])CC2)c1. The van der Waals surface area contributed by atoms with E-state index < -0.39 is 34.2 Å². The molecule has 1 heterocycles. The van der Waals surface area contributed by atoms with Crippen LogP contribution in [0.5, 0.6) is 0 Å². The molecule has 1 saturated heterocycles. The van der Waals surface area contributed by atoms with Gasteiger partial charge in [0.2, 0.25) is 5.91 Å². The Morgan fingerprint density at radius 3 is 2.42 bits per heavy atom. The summed E-state index contributed by atoms with van der Waals surface area (Å²) in [6.45, 7) is 0.473. The summed E-state index contributed by atoms with van der Waals surface area (Å²) in [4.78, 5) is 36.5. The minimum absolute atomic E-state index is 0.0701. The van der Waals surface area contributed by atoms with E-state index in [0.717, 1.165) is 12.1 Å². The molecule has 1 fully saturated rings. The first-order chi connectivity index (χ1) is 15.5. The first-order valence-corrected chi connectivity index (χ1v) is 10.2. The molecule has 12 heteroatoms. The van der Waals surface area contributed by atoms with Gasteiger partial charge in [-0.05, 0) is 43.2 Å². The van der Waals surface area contributed by atoms with Crippen LogP contribution >= 0.6 is 11.6 Å². The van der Waals surface area contributed by atoms with Crippen molar-refractivity contribution in [1.82, 2.24) is 0 Å². The number of nitrogens with zero attached hydrogens (tertiary/aromatic N) is 2. The summed E-state index contributed by atoms with van der Waals surface area (Å²) in [5.41, 5.74) is -1.22. The van der Waals surface area contributed by atoms with Gasteiger partial charge in [0.1, 0.15) is 5.69 Å². The Morgan fingerprint density at radius 1 is 1.18 bits per heavy atom. The number of nitro benzene ring substituents is 1. The first kappa shape index (κ1) is 24.3. The number of alkyl halides is 3. The average Bonchev–Trinajstić information content (AvgIpc) is 2.79. The fourth-order valence-electron chi connectivity index (χ4n) is 3.60. The maximum absolute atomic E-state index is 12.9. The lowest BCUT2D eigenvalue weighted by atomic mass is 9.95. The predicted octanol–water partition coefficient (Wildman–Crippen LogP) is 4.91. The van der Waals surface area contributed by atoms with E-state index in [4.69, 9.17) is 11.6 Å². The molecule has 2 aromatic carbocycles. The van der Waals surface area contributed by atoms with Crippen molar-refractivity contribution in [3.05, 3.63) is 62.7 Å². The van der Waals surface area contributed by atoms with Gasteiger partial charge < -0.3 is 15.0 Å². The van der Waals surface area contributed by atoms with E-state index in [1.807, 2.05) is 0 Å². The largest absolute Gasteiger partial charge is 0.465 e. The smallest absolute Gasteiger partial charge is 0.416 e. The van der Waals surface area contributed by atoms with Crippen LogP contribution in [0.3, 0.4) is 0 Å². The second-order valence-electron chi connectivity index (χ2n) is 7.40. The molecule has 176 valence electrons. The Kier molecular flexibility index (Phi) is 7.11. The van der Waals surface area contributed by atoms with Gasteiger partial charge in [-0.25, -0.2) is 4.79 Å². The van der Waals surface area contributed by atoms with Crippen molar-refractivity contribution < 1.29 is 32.4 Å². The van der Waals surface area contributed by atoms with Crippen LogP contribution in [-0.4, -0.2) is 37.0 Å². The molecule has 3 rings (SSSR count). The molecule has 1 aliphatic rings. The van der Waals surface area contributed by atoms with E-state index in [-0.39, 0.29) is 41.0 Å². The van der Waals surface area contributed by atoms with Crippen molar-refractivity contribution in [3.63, 3.8) is 0 Å². The molecular weight excluding hydrogens is 467 g/mol.